The Morgan fingerprint density at radius 3 is 2.81 bits per heavy atom. The Hall–Kier alpha value is -1.18. The Kier molecular flexibility index (Phi) is 5.18. The topological polar surface area (TPSA) is 41.0 Å². The zero-order valence-corrected chi connectivity index (χ0v) is 12.9. The molecule has 0 spiro atoms. The molecule has 1 unspecified atom stereocenters. The predicted octanol–water partition coefficient (Wildman–Crippen LogP) is 3.41. The smallest absolute Gasteiger partial charge is 0.370 e. The first-order valence-corrected chi connectivity index (χ1v) is 8.15. The van der Waals surface area contributed by atoms with E-state index in [1.54, 1.807) is 11.0 Å². The number of aromatic nitrogens is 2. The van der Waals surface area contributed by atoms with E-state index in [1.807, 2.05) is 13.2 Å². The van der Waals surface area contributed by atoms with Gasteiger partial charge in [-0.2, -0.15) is 13.2 Å². The van der Waals surface area contributed by atoms with E-state index in [9.17, 15) is 13.2 Å². The first-order chi connectivity index (χ1) is 9.94. The van der Waals surface area contributed by atoms with Gasteiger partial charge in [-0.15, -0.1) is 0 Å². The van der Waals surface area contributed by atoms with Crippen molar-refractivity contribution in [1.82, 2.24) is 9.97 Å². The summed E-state index contributed by atoms with van der Waals surface area (Å²) in [4.78, 5) is 10.4. The van der Waals surface area contributed by atoms with Crippen LogP contribution in [0.3, 0.4) is 0 Å². The quantitative estimate of drug-likeness (QED) is 0.680. The minimum absolute atomic E-state index is 0.0279. The van der Waals surface area contributed by atoms with Gasteiger partial charge in [-0.3, -0.25) is 0 Å². The molecule has 21 heavy (non-hydrogen) atoms. The number of nitrogens with zero attached hydrogens (tertiary/aromatic N) is 3. The number of nitrogens with one attached hydrogen (secondary N) is 1. The second-order valence-electron chi connectivity index (χ2n) is 4.96. The molecular weight excluding hydrogens is 301 g/mol. The summed E-state index contributed by atoms with van der Waals surface area (Å²) in [6, 6.07) is 1.72. The van der Waals surface area contributed by atoms with Crippen molar-refractivity contribution in [2.75, 3.05) is 36.1 Å². The monoisotopic (exact) mass is 320 g/mol. The van der Waals surface area contributed by atoms with Gasteiger partial charge in [-0.25, -0.2) is 9.97 Å². The second-order valence-corrected chi connectivity index (χ2v) is 5.73. The molecule has 0 bridgehead atoms. The lowest BCUT2D eigenvalue weighted by Gasteiger charge is -2.34. The molecule has 1 N–H and O–H groups in total. The van der Waals surface area contributed by atoms with Crippen molar-refractivity contribution in [3.63, 3.8) is 0 Å². The highest BCUT2D eigenvalue weighted by Crippen LogP contribution is 2.34. The van der Waals surface area contributed by atoms with Gasteiger partial charge in [0.1, 0.15) is 11.6 Å². The van der Waals surface area contributed by atoms with Crippen LogP contribution in [0.15, 0.2) is 11.2 Å². The molecule has 0 aromatic carbocycles. The number of rotatable bonds is 4. The summed E-state index contributed by atoms with van der Waals surface area (Å²) in [7, 11) is 0. The van der Waals surface area contributed by atoms with E-state index >= 15 is 0 Å². The van der Waals surface area contributed by atoms with E-state index < -0.39 is 12.1 Å². The lowest BCUT2D eigenvalue weighted by atomic mass is 9.97. The Labute approximate surface area is 126 Å². The zero-order valence-electron chi connectivity index (χ0n) is 12.1. The minimum atomic E-state index is -4.14. The SMILES string of the molecule is CCNc1cc(N2CCCC(C(F)(F)F)C2)nc(SC)n1. The molecule has 118 valence electrons. The largest absolute Gasteiger partial charge is 0.393 e. The van der Waals surface area contributed by atoms with Crippen molar-refractivity contribution >= 4 is 23.4 Å². The molecule has 0 saturated carbocycles. The van der Waals surface area contributed by atoms with Crippen LogP contribution in [0.5, 0.6) is 0 Å². The van der Waals surface area contributed by atoms with Gasteiger partial charge in [-0.05, 0) is 26.0 Å². The van der Waals surface area contributed by atoms with Crippen molar-refractivity contribution in [3.8, 4) is 0 Å². The first-order valence-electron chi connectivity index (χ1n) is 6.92. The fraction of sp³-hybridized carbons (Fsp3) is 0.692. The maximum absolute atomic E-state index is 12.9. The van der Waals surface area contributed by atoms with Crippen LogP contribution in [0.1, 0.15) is 19.8 Å². The highest BCUT2D eigenvalue weighted by atomic mass is 32.2. The summed E-state index contributed by atoms with van der Waals surface area (Å²) in [5, 5.41) is 3.66. The molecule has 8 heteroatoms. The van der Waals surface area contributed by atoms with Crippen LogP contribution in [0.4, 0.5) is 24.8 Å². The number of anilines is 2. The maximum Gasteiger partial charge on any atom is 0.393 e. The van der Waals surface area contributed by atoms with Crippen LogP contribution in [-0.4, -0.2) is 42.0 Å². The van der Waals surface area contributed by atoms with E-state index in [0.29, 0.717) is 36.3 Å². The van der Waals surface area contributed by atoms with Crippen molar-refractivity contribution in [1.29, 1.82) is 0 Å². The summed E-state index contributed by atoms with van der Waals surface area (Å²) in [5.41, 5.74) is 0. The summed E-state index contributed by atoms with van der Waals surface area (Å²) in [6.07, 6.45) is -1.57. The number of hydrogen-bond acceptors (Lipinski definition) is 5. The van der Waals surface area contributed by atoms with Crippen molar-refractivity contribution in [2.45, 2.75) is 31.1 Å². The summed E-state index contributed by atoms with van der Waals surface area (Å²) >= 11 is 1.38. The number of halogens is 3. The Balaban J connectivity index is 2.21. The molecule has 0 radical (unpaired) electrons. The summed E-state index contributed by atoms with van der Waals surface area (Å²) in [5.74, 6) is -0.0539. The lowest BCUT2D eigenvalue weighted by Crippen LogP contribution is -2.42. The third-order valence-electron chi connectivity index (χ3n) is 3.44. The number of hydrogen-bond donors (Lipinski definition) is 1. The molecule has 1 atom stereocenters. The van der Waals surface area contributed by atoms with Crippen LogP contribution in [-0.2, 0) is 0 Å². The van der Waals surface area contributed by atoms with Gasteiger partial charge < -0.3 is 10.2 Å². The van der Waals surface area contributed by atoms with Crippen LogP contribution in [0.25, 0.3) is 0 Å². The molecule has 2 heterocycles. The third kappa shape index (κ3) is 4.15. The fourth-order valence-electron chi connectivity index (χ4n) is 2.39. The molecule has 1 aromatic rings. The average Bonchev–Trinajstić information content (AvgIpc) is 2.46. The van der Waals surface area contributed by atoms with Crippen LogP contribution >= 0.6 is 11.8 Å². The van der Waals surface area contributed by atoms with E-state index in [4.69, 9.17) is 0 Å². The second kappa shape index (κ2) is 6.72. The van der Waals surface area contributed by atoms with Gasteiger partial charge >= 0.3 is 6.18 Å². The van der Waals surface area contributed by atoms with Crippen molar-refractivity contribution in [3.05, 3.63) is 6.07 Å². The van der Waals surface area contributed by atoms with Crippen LogP contribution in [0.2, 0.25) is 0 Å². The lowest BCUT2D eigenvalue weighted by molar-refractivity contribution is -0.176. The van der Waals surface area contributed by atoms with E-state index in [0.717, 1.165) is 0 Å². The van der Waals surface area contributed by atoms with E-state index in [-0.39, 0.29) is 13.0 Å². The molecule has 0 aliphatic carbocycles. The number of thioether (sulfide) groups is 1. The molecular formula is C13H19F3N4S. The van der Waals surface area contributed by atoms with Crippen molar-refractivity contribution in [2.24, 2.45) is 5.92 Å². The third-order valence-corrected chi connectivity index (χ3v) is 3.99. The highest BCUT2D eigenvalue weighted by Gasteiger charge is 2.42. The molecule has 1 aliphatic heterocycles. The van der Waals surface area contributed by atoms with E-state index in [2.05, 4.69) is 15.3 Å². The van der Waals surface area contributed by atoms with Gasteiger partial charge in [0.05, 0.1) is 5.92 Å². The molecule has 1 saturated heterocycles. The minimum Gasteiger partial charge on any atom is -0.370 e. The summed E-state index contributed by atoms with van der Waals surface area (Å²) < 4.78 is 38.7. The van der Waals surface area contributed by atoms with Crippen LogP contribution < -0.4 is 10.2 Å². The van der Waals surface area contributed by atoms with Gasteiger partial charge in [0.25, 0.3) is 0 Å². The highest BCUT2D eigenvalue weighted by molar-refractivity contribution is 7.98. The Morgan fingerprint density at radius 2 is 2.19 bits per heavy atom. The molecule has 4 nitrogen and oxygen atoms in total. The Bertz CT molecular complexity index is 481. The summed E-state index contributed by atoms with van der Waals surface area (Å²) in [6.45, 7) is 3.22. The van der Waals surface area contributed by atoms with Crippen LogP contribution in [0, 0.1) is 5.92 Å². The maximum atomic E-state index is 12.9. The average molecular weight is 320 g/mol. The van der Waals surface area contributed by atoms with Gasteiger partial charge in [0.15, 0.2) is 5.16 Å². The van der Waals surface area contributed by atoms with Gasteiger partial charge in [0, 0.05) is 25.7 Å². The first kappa shape index (κ1) is 16.2. The molecule has 2 rings (SSSR count). The fourth-order valence-corrected chi connectivity index (χ4v) is 2.76. The standard InChI is InChI=1S/C13H19F3N4S/c1-3-17-10-7-11(19-12(18-10)21-2)20-6-4-5-9(8-20)13(14,15)16/h7,9H,3-6,8H2,1-2H3,(H,17,18,19). The zero-order chi connectivity index (χ0) is 15.5. The van der Waals surface area contributed by atoms with Crippen molar-refractivity contribution < 1.29 is 13.2 Å². The normalized spacial score (nSPS) is 19.7. The predicted molar refractivity (Wildman–Crippen MR) is 79.0 cm³/mol. The molecule has 1 aliphatic rings. The van der Waals surface area contributed by atoms with E-state index in [1.165, 1.54) is 11.8 Å². The van der Waals surface area contributed by atoms with Gasteiger partial charge in [-0.1, -0.05) is 11.8 Å². The number of alkyl halides is 3. The molecule has 1 fully saturated rings. The Morgan fingerprint density at radius 1 is 1.43 bits per heavy atom. The number of piperidine rings is 1. The molecule has 1 aromatic heterocycles. The molecule has 0 amide bonds. The van der Waals surface area contributed by atoms with Gasteiger partial charge in [0.2, 0.25) is 0 Å².